The van der Waals surface area contributed by atoms with Gasteiger partial charge in [-0.15, -0.1) is 0 Å². The zero-order valence-electron chi connectivity index (χ0n) is 10.3. The Morgan fingerprint density at radius 1 is 1.00 bits per heavy atom. The van der Waals surface area contributed by atoms with Crippen LogP contribution >= 0.6 is 0 Å². The summed E-state index contributed by atoms with van der Waals surface area (Å²) in [5, 5.41) is 9.10. The molecule has 0 saturated heterocycles. The third-order valence-electron chi connectivity index (χ3n) is 2.69. The van der Waals surface area contributed by atoms with Crippen LogP contribution in [0.15, 0.2) is 11.1 Å². The van der Waals surface area contributed by atoms with Crippen molar-refractivity contribution in [2.75, 3.05) is 0 Å². The fourth-order valence-corrected chi connectivity index (χ4v) is 1.81. The minimum Gasteiger partial charge on any atom is -0.478 e. The molecular weight excluding hydrogens is 188 g/mol. The predicted octanol–water partition coefficient (Wildman–Crippen LogP) is 4.16. The molecule has 0 aromatic heterocycles. The lowest BCUT2D eigenvalue weighted by molar-refractivity contribution is -0.132. The molecule has 0 bridgehead atoms. The van der Waals surface area contributed by atoms with Crippen LogP contribution in [-0.2, 0) is 4.79 Å². The number of carboxylic acid groups (broad SMARTS) is 1. The molecule has 0 aromatic rings. The molecule has 0 aliphatic heterocycles. The highest BCUT2D eigenvalue weighted by Crippen LogP contribution is 2.20. The molecule has 0 fully saturated rings. The molecule has 88 valence electrons. The van der Waals surface area contributed by atoms with Gasteiger partial charge in [-0.1, -0.05) is 45.6 Å². The van der Waals surface area contributed by atoms with Gasteiger partial charge in [0.1, 0.15) is 0 Å². The number of carboxylic acids is 1. The number of hydrogen-bond donors (Lipinski definition) is 1. The van der Waals surface area contributed by atoms with E-state index in [1.165, 1.54) is 12.8 Å². The van der Waals surface area contributed by atoms with E-state index in [-0.39, 0.29) is 0 Å². The summed E-state index contributed by atoms with van der Waals surface area (Å²) in [4.78, 5) is 11.1. The molecule has 0 rings (SSSR count). The maximum atomic E-state index is 11.1. The van der Waals surface area contributed by atoms with E-state index in [9.17, 15) is 4.79 Å². The molecule has 1 N–H and O–H groups in total. The van der Waals surface area contributed by atoms with Gasteiger partial charge in [0.05, 0.1) is 0 Å². The van der Waals surface area contributed by atoms with Gasteiger partial charge in [-0.2, -0.15) is 0 Å². The predicted molar refractivity (Wildman–Crippen MR) is 64.0 cm³/mol. The van der Waals surface area contributed by atoms with E-state index in [1.54, 1.807) is 0 Å². The summed E-state index contributed by atoms with van der Waals surface area (Å²) in [7, 11) is 0. The quantitative estimate of drug-likeness (QED) is 0.484. The van der Waals surface area contributed by atoms with Crippen molar-refractivity contribution in [3.63, 3.8) is 0 Å². The maximum Gasteiger partial charge on any atom is 0.331 e. The Morgan fingerprint density at radius 3 is 2.07 bits per heavy atom. The van der Waals surface area contributed by atoms with Crippen LogP contribution in [0.25, 0.3) is 0 Å². The molecule has 2 nitrogen and oxygen atoms in total. The minimum absolute atomic E-state index is 0.663. The second kappa shape index (κ2) is 8.51. The summed E-state index contributed by atoms with van der Waals surface area (Å²) in [5.74, 6) is -0.717. The van der Waals surface area contributed by atoms with Crippen molar-refractivity contribution in [1.82, 2.24) is 0 Å². The van der Waals surface area contributed by atoms with Gasteiger partial charge in [0.15, 0.2) is 0 Å². The van der Waals surface area contributed by atoms with Gasteiger partial charge in [0.2, 0.25) is 0 Å². The smallest absolute Gasteiger partial charge is 0.331 e. The highest BCUT2D eigenvalue weighted by atomic mass is 16.4. The van der Waals surface area contributed by atoms with E-state index < -0.39 is 5.97 Å². The summed E-state index contributed by atoms with van der Waals surface area (Å²) in [6, 6.07) is 0. The monoisotopic (exact) mass is 212 g/mol. The van der Waals surface area contributed by atoms with E-state index >= 15 is 0 Å². The molecular formula is C13H24O2. The van der Waals surface area contributed by atoms with Crippen molar-refractivity contribution in [3.05, 3.63) is 11.1 Å². The maximum absolute atomic E-state index is 11.1. The first kappa shape index (κ1) is 14.2. The number of aliphatic carboxylic acids is 1. The Kier molecular flexibility index (Phi) is 8.06. The Bertz CT molecular complexity index is 217. The van der Waals surface area contributed by atoms with Crippen LogP contribution in [0.3, 0.4) is 0 Å². The van der Waals surface area contributed by atoms with Crippen LogP contribution in [0.5, 0.6) is 0 Å². The van der Waals surface area contributed by atoms with Crippen LogP contribution in [-0.4, -0.2) is 11.1 Å². The van der Waals surface area contributed by atoms with Crippen molar-refractivity contribution in [2.45, 2.75) is 65.7 Å². The Hall–Kier alpha value is -0.790. The van der Waals surface area contributed by atoms with Crippen LogP contribution in [0.2, 0.25) is 0 Å². The molecule has 15 heavy (non-hydrogen) atoms. The van der Waals surface area contributed by atoms with E-state index in [2.05, 4.69) is 13.8 Å². The molecule has 0 spiro atoms. The summed E-state index contributed by atoms with van der Waals surface area (Å²) in [6.07, 6.45) is 6.98. The van der Waals surface area contributed by atoms with Crippen molar-refractivity contribution in [1.29, 1.82) is 0 Å². The molecule has 0 unspecified atom stereocenters. The molecule has 0 aliphatic rings. The molecule has 0 aliphatic carbocycles. The average Bonchev–Trinajstić information content (AvgIpc) is 2.22. The first-order valence-corrected chi connectivity index (χ1v) is 6.11. The lowest BCUT2D eigenvalue weighted by Gasteiger charge is -2.09. The molecule has 0 atom stereocenters. The molecule has 0 amide bonds. The fraction of sp³-hybridized carbons (Fsp3) is 0.769. The highest BCUT2D eigenvalue weighted by Gasteiger charge is 2.11. The van der Waals surface area contributed by atoms with Crippen LogP contribution < -0.4 is 0 Å². The Morgan fingerprint density at radius 2 is 1.67 bits per heavy atom. The van der Waals surface area contributed by atoms with Crippen molar-refractivity contribution < 1.29 is 9.90 Å². The lowest BCUT2D eigenvalue weighted by atomic mass is 9.96. The zero-order valence-corrected chi connectivity index (χ0v) is 10.3. The second-order valence-corrected chi connectivity index (χ2v) is 3.95. The normalized spacial score (nSPS) is 12.5. The number of hydrogen-bond acceptors (Lipinski definition) is 1. The first-order valence-electron chi connectivity index (χ1n) is 6.11. The van der Waals surface area contributed by atoms with Gasteiger partial charge >= 0.3 is 5.97 Å². The Balaban J connectivity index is 4.49. The van der Waals surface area contributed by atoms with Gasteiger partial charge in [-0.05, 0) is 25.7 Å². The zero-order chi connectivity index (χ0) is 11.7. The molecule has 0 heterocycles. The lowest BCUT2D eigenvalue weighted by Crippen LogP contribution is -2.04. The summed E-state index contributed by atoms with van der Waals surface area (Å²) in [5.41, 5.74) is 1.81. The summed E-state index contributed by atoms with van der Waals surface area (Å²) < 4.78 is 0. The topological polar surface area (TPSA) is 37.3 Å². The van der Waals surface area contributed by atoms with E-state index in [0.29, 0.717) is 12.0 Å². The largest absolute Gasteiger partial charge is 0.478 e. The Labute approximate surface area is 93.4 Å². The third kappa shape index (κ3) is 5.60. The van der Waals surface area contributed by atoms with Gasteiger partial charge in [0, 0.05) is 5.57 Å². The standard InChI is InChI=1S/C13H24O2/c1-4-7-8-10-11(6-3)12(9-5-2)13(14)15/h4-10H2,1-3H3,(H,14,15). The van der Waals surface area contributed by atoms with Crippen molar-refractivity contribution >= 4 is 5.97 Å². The number of rotatable bonds is 8. The van der Waals surface area contributed by atoms with E-state index in [1.807, 2.05) is 6.92 Å². The summed E-state index contributed by atoms with van der Waals surface area (Å²) >= 11 is 0. The number of carbonyl (C=O) groups is 1. The molecule has 2 heteroatoms. The fourth-order valence-electron chi connectivity index (χ4n) is 1.81. The average molecular weight is 212 g/mol. The van der Waals surface area contributed by atoms with Crippen LogP contribution in [0.1, 0.15) is 65.7 Å². The minimum atomic E-state index is -0.717. The van der Waals surface area contributed by atoms with Gasteiger partial charge in [0.25, 0.3) is 0 Å². The van der Waals surface area contributed by atoms with Gasteiger partial charge < -0.3 is 5.11 Å². The second-order valence-electron chi connectivity index (χ2n) is 3.95. The first-order chi connectivity index (χ1) is 7.17. The van der Waals surface area contributed by atoms with Crippen LogP contribution in [0.4, 0.5) is 0 Å². The van der Waals surface area contributed by atoms with Crippen molar-refractivity contribution in [3.8, 4) is 0 Å². The summed E-state index contributed by atoms with van der Waals surface area (Å²) in [6.45, 7) is 6.25. The highest BCUT2D eigenvalue weighted by molar-refractivity contribution is 5.87. The third-order valence-corrected chi connectivity index (χ3v) is 2.69. The molecule has 0 saturated carbocycles. The van der Waals surface area contributed by atoms with E-state index in [4.69, 9.17) is 5.11 Å². The van der Waals surface area contributed by atoms with E-state index in [0.717, 1.165) is 31.3 Å². The number of unbranched alkanes of at least 4 members (excludes halogenated alkanes) is 2. The SMILES string of the molecule is CCCCCC(CC)=C(CCC)C(=O)O. The molecule has 0 aromatic carbocycles. The van der Waals surface area contributed by atoms with Gasteiger partial charge in [-0.25, -0.2) is 4.79 Å². The van der Waals surface area contributed by atoms with Gasteiger partial charge in [-0.3, -0.25) is 0 Å². The van der Waals surface area contributed by atoms with Crippen molar-refractivity contribution in [2.24, 2.45) is 0 Å². The number of allylic oxidation sites excluding steroid dienone is 1. The molecule has 0 radical (unpaired) electrons. The van der Waals surface area contributed by atoms with Crippen LogP contribution in [0, 0.1) is 0 Å².